The van der Waals surface area contributed by atoms with Gasteiger partial charge in [-0.1, -0.05) is 37.6 Å². The number of nitrogens with zero attached hydrogens (tertiary/aromatic N) is 2. The highest BCUT2D eigenvalue weighted by Gasteiger charge is 2.13. The fourth-order valence-electron chi connectivity index (χ4n) is 2.40. The third-order valence-corrected chi connectivity index (χ3v) is 3.31. The van der Waals surface area contributed by atoms with Gasteiger partial charge in [0.15, 0.2) is 5.82 Å². The van der Waals surface area contributed by atoms with Crippen molar-refractivity contribution in [2.24, 2.45) is 0 Å². The predicted octanol–water partition coefficient (Wildman–Crippen LogP) is 3.12. The zero-order valence-electron chi connectivity index (χ0n) is 12.6. The summed E-state index contributed by atoms with van der Waals surface area (Å²) in [5, 5.41) is 7.40. The van der Waals surface area contributed by atoms with Gasteiger partial charge >= 0.3 is 0 Å². The molecule has 0 fully saturated rings. The van der Waals surface area contributed by atoms with E-state index in [0.717, 1.165) is 31.4 Å². The molecule has 1 heterocycles. The van der Waals surface area contributed by atoms with Crippen LogP contribution in [-0.4, -0.2) is 22.7 Å². The monoisotopic (exact) mass is 291 g/mol. The summed E-state index contributed by atoms with van der Waals surface area (Å²) in [7, 11) is 0. The molecule has 0 aliphatic rings. The van der Waals surface area contributed by atoms with E-state index in [1.165, 1.54) is 12.1 Å². The van der Waals surface area contributed by atoms with E-state index >= 15 is 0 Å². The summed E-state index contributed by atoms with van der Waals surface area (Å²) in [6.07, 6.45) is 3.41. The van der Waals surface area contributed by atoms with Crippen molar-refractivity contribution < 1.29 is 8.91 Å². The Morgan fingerprint density at radius 2 is 2.19 bits per heavy atom. The second-order valence-electron chi connectivity index (χ2n) is 5.16. The molecule has 0 spiro atoms. The maximum absolute atomic E-state index is 13.1. The van der Waals surface area contributed by atoms with Gasteiger partial charge in [0.05, 0.1) is 0 Å². The quantitative estimate of drug-likeness (QED) is 0.812. The number of benzene rings is 1. The van der Waals surface area contributed by atoms with Crippen molar-refractivity contribution >= 4 is 0 Å². The Kier molecular flexibility index (Phi) is 5.87. The first-order chi connectivity index (χ1) is 10.2. The van der Waals surface area contributed by atoms with Crippen LogP contribution in [0.3, 0.4) is 0 Å². The zero-order chi connectivity index (χ0) is 15.1. The fraction of sp³-hybridized carbons (Fsp3) is 0.500. The molecule has 2 rings (SSSR count). The largest absolute Gasteiger partial charge is 0.339 e. The van der Waals surface area contributed by atoms with Crippen LogP contribution in [0.15, 0.2) is 28.8 Å². The fourth-order valence-corrected chi connectivity index (χ4v) is 2.40. The van der Waals surface area contributed by atoms with Crippen LogP contribution in [0.5, 0.6) is 0 Å². The molecule has 1 unspecified atom stereocenters. The van der Waals surface area contributed by atoms with Crippen LogP contribution in [0.1, 0.15) is 44.0 Å². The molecule has 2 aromatic rings. The van der Waals surface area contributed by atoms with Gasteiger partial charge in [-0.2, -0.15) is 4.98 Å². The van der Waals surface area contributed by atoms with E-state index in [1.807, 2.05) is 6.07 Å². The van der Waals surface area contributed by atoms with Gasteiger partial charge in [-0.05, 0) is 30.7 Å². The Bertz CT molecular complexity index is 550. The van der Waals surface area contributed by atoms with Crippen molar-refractivity contribution in [3.63, 3.8) is 0 Å². The second kappa shape index (κ2) is 7.88. The van der Waals surface area contributed by atoms with E-state index in [1.54, 1.807) is 6.07 Å². The molecule has 1 atom stereocenters. The maximum atomic E-state index is 13.1. The van der Waals surface area contributed by atoms with Gasteiger partial charge in [-0.15, -0.1) is 0 Å². The van der Waals surface area contributed by atoms with E-state index in [9.17, 15) is 4.39 Å². The van der Waals surface area contributed by atoms with Crippen molar-refractivity contribution in [1.82, 2.24) is 15.5 Å². The average Bonchev–Trinajstić information content (AvgIpc) is 2.86. The van der Waals surface area contributed by atoms with Gasteiger partial charge in [0, 0.05) is 18.9 Å². The molecule has 1 N–H and O–H groups in total. The lowest BCUT2D eigenvalue weighted by Crippen LogP contribution is -2.30. The van der Waals surface area contributed by atoms with E-state index in [2.05, 4.69) is 29.3 Å². The zero-order valence-corrected chi connectivity index (χ0v) is 12.6. The smallest absolute Gasteiger partial charge is 0.228 e. The first-order valence-corrected chi connectivity index (χ1v) is 7.50. The number of likely N-dealkylation sites (N-methyl/N-ethyl adjacent to an activating group) is 1. The van der Waals surface area contributed by atoms with Crippen LogP contribution >= 0.6 is 0 Å². The minimum absolute atomic E-state index is 0.244. The topological polar surface area (TPSA) is 51.0 Å². The Morgan fingerprint density at radius 3 is 2.90 bits per heavy atom. The first-order valence-electron chi connectivity index (χ1n) is 7.50. The Balaban J connectivity index is 1.97. The molecular formula is C16H22FN3O. The summed E-state index contributed by atoms with van der Waals surface area (Å²) in [5.74, 6) is 0.995. The van der Waals surface area contributed by atoms with Crippen molar-refractivity contribution in [2.45, 2.75) is 45.6 Å². The Hall–Kier alpha value is -1.75. The lowest BCUT2D eigenvalue weighted by atomic mass is 10.1. The van der Waals surface area contributed by atoms with E-state index in [0.29, 0.717) is 24.2 Å². The molecule has 0 radical (unpaired) electrons. The van der Waals surface area contributed by atoms with Crippen LogP contribution < -0.4 is 5.32 Å². The highest BCUT2D eigenvalue weighted by Crippen LogP contribution is 2.11. The molecule has 0 aliphatic carbocycles. The van der Waals surface area contributed by atoms with Crippen LogP contribution in [0.4, 0.5) is 4.39 Å². The maximum Gasteiger partial charge on any atom is 0.228 e. The summed E-state index contributed by atoms with van der Waals surface area (Å²) in [6, 6.07) is 6.83. The molecule has 0 saturated heterocycles. The molecule has 4 nitrogen and oxygen atoms in total. The molecular weight excluding hydrogens is 269 g/mol. The van der Waals surface area contributed by atoms with E-state index in [4.69, 9.17) is 4.52 Å². The van der Waals surface area contributed by atoms with Crippen molar-refractivity contribution in [2.75, 3.05) is 6.54 Å². The third kappa shape index (κ3) is 4.93. The van der Waals surface area contributed by atoms with Gasteiger partial charge in [0.2, 0.25) is 5.89 Å². The predicted molar refractivity (Wildman–Crippen MR) is 79.6 cm³/mol. The molecule has 0 saturated carbocycles. The highest BCUT2D eigenvalue weighted by atomic mass is 19.1. The van der Waals surface area contributed by atoms with Crippen molar-refractivity contribution in [1.29, 1.82) is 0 Å². The van der Waals surface area contributed by atoms with E-state index in [-0.39, 0.29) is 5.82 Å². The molecule has 21 heavy (non-hydrogen) atoms. The third-order valence-electron chi connectivity index (χ3n) is 3.31. The molecule has 114 valence electrons. The van der Waals surface area contributed by atoms with Crippen molar-refractivity contribution in [3.8, 4) is 0 Å². The van der Waals surface area contributed by atoms with Crippen LogP contribution in [0, 0.1) is 5.82 Å². The first kappa shape index (κ1) is 15.6. The van der Waals surface area contributed by atoms with Gasteiger partial charge in [-0.25, -0.2) is 4.39 Å². The second-order valence-corrected chi connectivity index (χ2v) is 5.16. The van der Waals surface area contributed by atoms with E-state index < -0.39 is 0 Å². The summed E-state index contributed by atoms with van der Waals surface area (Å²) in [4.78, 5) is 4.40. The Labute approximate surface area is 124 Å². The van der Waals surface area contributed by atoms with Crippen LogP contribution in [0.2, 0.25) is 0 Å². The number of nitrogens with one attached hydrogen (secondary N) is 1. The number of halogens is 1. The van der Waals surface area contributed by atoms with Crippen LogP contribution in [0.25, 0.3) is 0 Å². The molecule has 0 amide bonds. The van der Waals surface area contributed by atoms with Crippen molar-refractivity contribution in [3.05, 3.63) is 47.4 Å². The summed E-state index contributed by atoms with van der Waals surface area (Å²) in [6.45, 7) is 5.17. The molecule has 0 aliphatic heterocycles. The highest BCUT2D eigenvalue weighted by molar-refractivity contribution is 5.19. The summed E-state index contributed by atoms with van der Waals surface area (Å²) >= 11 is 0. The van der Waals surface area contributed by atoms with Gasteiger partial charge < -0.3 is 9.84 Å². The van der Waals surface area contributed by atoms with Crippen LogP contribution in [-0.2, 0) is 12.8 Å². The number of aromatic nitrogens is 2. The SMILES string of the molecule is CCCC(Cc1nc(Cc2cccc(F)c2)no1)NCC. The number of hydrogen-bond donors (Lipinski definition) is 1. The average molecular weight is 291 g/mol. The Morgan fingerprint density at radius 1 is 1.33 bits per heavy atom. The normalized spacial score (nSPS) is 12.5. The van der Waals surface area contributed by atoms with Gasteiger partial charge in [-0.3, -0.25) is 0 Å². The summed E-state index contributed by atoms with van der Waals surface area (Å²) < 4.78 is 18.4. The minimum Gasteiger partial charge on any atom is -0.339 e. The van der Waals surface area contributed by atoms with Gasteiger partial charge in [0.1, 0.15) is 5.82 Å². The molecule has 5 heteroatoms. The standard InChI is InChI=1S/C16H22FN3O/c1-3-6-14(18-4-2)11-16-19-15(20-21-16)10-12-7-5-8-13(17)9-12/h5,7-9,14,18H,3-4,6,10-11H2,1-2H3. The minimum atomic E-state index is -0.244. The number of rotatable bonds is 8. The molecule has 0 bridgehead atoms. The summed E-state index contributed by atoms with van der Waals surface area (Å²) in [5.41, 5.74) is 0.846. The lowest BCUT2D eigenvalue weighted by Gasteiger charge is -2.14. The number of hydrogen-bond acceptors (Lipinski definition) is 4. The van der Waals surface area contributed by atoms with Gasteiger partial charge in [0.25, 0.3) is 0 Å². The molecule has 1 aromatic heterocycles. The lowest BCUT2D eigenvalue weighted by molar-refractivity contribution is 0.349. The molecule has 1 aromatic carbocycles.